The summed E-state index contributed by atoms with van der Waals surface area (Å²) in [6.45, 7) is 11.6. The minimum absolute atomic E-state index is 0.00246. The Labute approximate surface area is 393 Å². The molecule has 1 aliphatic heterocycles. The van der Waals surface area contributed by atoms with Crippen LogP contribution in [0.3, 0.4) is 0 Å². The highest BCUT2D eigenvalue weighted by molar-refractivity contribution is 5.92. The maximum absolute atomic E-state index is 13.4. The third kappa shape index (κ3) is 19.9. The van der Waals surface area contributed by atoms with Gasteiger partial charge < -0.3 is 24.6 Å². The van der Waals surface area contributed by atoms with E-state index >= 15 is 0 Å². The Kier molecular flexibility index (Phi) is 21.7. The van der Waals surface area contributed by atoms with E-state index in [1.54, 1.807) is 56.9 Å². The van der Waals surface area contributed by atoms with Gasteiger partial charge >= 0.3 is 11.9 Å². The van der Waals surface area contributed by atoms with Crippen molar-refractivity contribution in [1.82, 2.24) is 4.90 Å². The molecule has 8 nitrogen and oxygen atoms in total. The van der Waals surface area contributed by atoms with Crippen molar-refractivity contribution in [1.29, 1.82) is 0 Å². The van der Waals surface area contributed by atoms with E-state index in [4.69, 9.17) is 9.47 Å². The zero-order valence-corrected chi connectivity index (χ0v) is 37.9. The van der Waals surface area contributed by atoms with Crippen molar-refractivity contribution in [2.45, 2.75) is 78.2 Å². The van der Waals surface area contributed by atoms with E-state index in [-0.39, 0.29) is 29.4 Å². The molecule has 0 radical (unpaired) electrons. The number of benzene rings is 3. The molecule has 3 aromatic rings. The zero-order valence-electron chi connectivity index (χ0n) is 37.9. The van der Waals surface area contributed by atoms with Gasteiger partial charge in [0.05, 0.1) is 23.0 Å². The molecule has 2 N–H and O–H groups in total. The van der Waals surface area contributed by atoms with Gasteiger partial charge in [0.25, 0.3) is 0 Å². The van der Waals surface area contributed by atoms with Crippen LogP contribution in [0, 0.1) is 142 Å². The number of esters is 1. The van der Waals surface area contributed by atoms with Crippen LogP contribution in [-0.2, 0) is 21.4 Å². The number of carboxylic acid groups (broad SMARTS) is 1. The van der Waals surface area contributed by atoms with E-state index in [1.165, 1.54) is 42.5 Å². The zero-order chi connectivity index (χ0) is 48.9. The highest BCUT2D eigenvalue weighted by Crippen LogP contribution is 2.31. The van der Waals surface area contributed by atoms with Crippen molar-refractivity contribution in [3.05, 3.63) is 89.2 Å². The topological polar surface area (TPSA) is 113 Å². The summed E-state index contributed by atoms with van der Waals surface area (Å²) < 4.78 is 24.9. The lowest BCUT2D eigenvalue weighted by Gasteiger charge is -2.39. The van der Waals surface area contributed by atoms with Gasteiger partial charge in [0.15, 0.2) is 0 Å². The van der Waals surface area contributed by atoms with Gasteiger partial charge in [-0.05, 0) is 213 Å². The molecule has 0 atom stereocenters. The molecule has 0 saturated carbocycles. The number of aliphatic carboxylic acids is 1. The Balaban J connectivity index is 0.000000423. The lowest BCUT2D eigenvalue weighted by Crippen LogP contribution is -2.47. The summed E-state index contributed by atoms with van der Waals surface area (Å²) in [4.78, 5) is 39.7. The summed E-state index contributed by atoms with van der Waals surface area (Å²) in [5.41, 5.74) is -0.666. The van der Waals surface area contributed by atoms with Gasteiger partial charge in [-0.15, -0.1) is 0 Å². The van der Waals surface area contributed by atoms with E-state index in [1.807, 2.05) is 0 Å². The number of aliphatic hydroxyl groups is 1. The molecule has 67 heavy (non-hydrogen) atoms. The molecule has 4 rings (SSSR count). The van der Waals surface area contributed by atoms with E-state index < -0.39 is 28.8 Å². The van der Waals surface area contributed by atoms with Crippen molar-refractivity contribution in [2.24, 2.45) is 5.92 Å². The second kappa shape index (κ2) is 27.9. The van der Waals surface area contributed by atoms with Gasteiger partial charge in [-0.1, -0.05) is 37.8 Å². The second-order valence-electron chi connectivity index (χ2n) is 15.1. The average molecular weight is 886 g/mol. The maximum atomic E-state index is 13.4. The molecule has 3 aromatic carbocycles. The fourth-order valence-corrected chi connectivity index (χ4v) is 5.92. The Morgan fingerprint density at radius 1 is 0.657 bits per heavy atom. The van der Waals surface area contributed by atoms with Gasteiger partial charge in [0.2, 0.25) is 5.91 Å². The van der Waals surface area contributed by atoms with Crippen LogP contribution >= 0.6 is 0 Å². The summed E-state index contributed by atoms with van der Waals surface area (Å²) in [7, 11) is 0. The first-order chi connectivity index (χ1) is 32.2. The van der Waals surface area contributed by atoms with Crippen LogP contribution in [0.2, 0.25) is 0 Å². The van der Waals surface area contributed by atoms with Gasteiger partial charge in [-0.3, -0.25) is 9.59 Å². The fourth-order valence-electron chi connectivity index (χ4n) is 5.92. The van der Waals surface area contributed by atoms with Gasteiger partial charge in [-0.2, -0.15) is 0 Å². The predicted molar refractivity (Wildman–Crippen MR) is 256 cm³/mol. The number of piperidine rings is 1. The molecule has 1 fully saturated rings. The number of nitrogens with zero attached hydrogens (tertiary/aromatic N) is 1. The molecule has 0 unspecified atom stereocenters. The van der Waals surface area contributed by atoms with Crippen LogP contribution in [-0.4, -0.2) is 51.6 Å². The lowest BCUT2D eigenvalue weighted by molar-refractivity contribution is -0.142. The summed E-state index contributed by atoms with van der Waals surface area (Å²) in [5, 5.41) is 20.3. The number of hydrogen-bond donors (Lipinski definition) is 2. The highest BCUT2D eigenvalue weighted by Gasteiger charge is 2.34. The van der Waals surface area contributed by atoms with Gasteiger partial charge in [-0.25, -0.2) is 9.18 Å². The maximum Gasteiger partial charge on any atom is 0.343 e. The van der Waals surface area contributed by atoms with E-state index in [9.17, 15) is 29.0 Å². The molecule has 9 heteroatoms. The van der Waals surface area contributed by atoms with Crippen molar-refractivity contribution in [3.8, 4) is 147 Å². The molecular weight excluding hydrogens is 842 g/mol. The Bertz CT molecular complexity index is 2940. The Morgan fingerprint density at radius 3 is 1.51 bits per heavy atom. The van der Waals surface area contributed by atoms with Crippen LogP contribution in [0.5, 0.6) is 17.2 Å². The molecular formula is C58H44FNO7. The van der Waals surface area contributed by atoms with Crippen molar-refractivity contribution < 1.29 is 38.5 Å². The Hall–Kier alpha value is -9.08. The monoisotopic (exact) mass is 885 g/mol. The minimum atomic E-state index is -1.11. The smallest absolute Gasteiger partial charge is 0.343 e. The lowest BCUT2D eigenvalue weighted by atomic mass is 9.84. The number of amides is 1. The molecule has 1 heterocycles. The number of hydrogen-bond acceptors (Lipinski definition) is 6. The summed E-state index contributed by atoms with van der Waals surface area (Å²) in [6, 6.07) is 16.4. The first kappa shape index (κ1) is 52.3. The van der Waals surface area contributed by atoms with Gasteiger partial charge in [0.1, 0.15) is 23.1 Å². The SMILES string of the molecule is CC#CC#CC#CC#CC#CC#CC#CC#CC#CC#CC#CC.CC(C)CC1(O)CCN(C(=O)Cc2cc(Oc3ccc(F)cc3)cc(C(=O)Oc3ccc(C(C)(C)C(=O)O)cc3)c2)CC1. The van der Waals surface area contributed by atoms with Gasteiger partial charge in [0, 0.05) is 36.8 Å². The molecule has 0 bridgehead atoms. The average Bonchev–Trinajstić information content (AvgIpc) is 3.29. The second-order valence-corrected chi connectivity index (χ2v) is 15.1. The molecule has 0 aliphatic carbocycles. The van der Waals surface area contributed by atoms with Crippen molar-refractivity contribution in [3.63, 3.8) is 0 Å². The predicted octanol–water partition coefficient (Wildman–Crippen LogP) is 7.21. The van der Waals surface area contributed by atoms with Crippen LogP contribution in [0.1, 0.15) is 82.3 Å². The number of ether oxygens (including phenoxy) is 2. The summed E-state index contributed by atoms with van der Waals surface area (Å²) in [6.07, 6.45) is 1.70. The first-order valence-corrected chi connectivity index (χ1v) is 20.6. The fraction of sp³-hybridized carbons (Fsp3) is 0.259. The molecule has 330 valence electrons. The van der Waals surface area contributed by atoms with Crippen LogP contribution in [0.15, 0.2) is 66.7 Å². The molecule has 1 aliphatic rings. The molecule has 0 spiro atoms. The number of likely N-dealkylation sites (tertiary alicyclic amines) is 1. The molecule has 0 aromatic heterocycles. The first-order valence-electron chi connectivity index (χ1n) is 20.6. The Morgan fingerprint density at radius 2 is 1.09 bits per heavy atom. The third-order valence-corrected chi connectivity index (χ3v) is 9.20. The minimum Gasteiger partial charge on any atom is -0.481 e. The van der Waals surface area contributed by atoms with Crippen LogP contribution < -0.4 is 9.47 Å². The van der Waals surface area contributed by atoms with E-state index in [0.717, 1.165) is 0 Å². The van der Waals surface area contributed by atoms with E-state index in [0.29, 0.717) is 55.1 Å². The number of carboxylic acids is 1. The number of rotatable bonds is 10. The van der Waals surface area contributed by atoms with E-state index in [2.05, 4.69) is 144 Å². The number of halogens is 1. The number of carbonyl (C=O) groups excluding carboxylic acids is 2. The third-order valence-electron chi connectivity index (χ3n) is 9.20. The highest BCUT2D eigenvalue weighted by atomic mass is 19.1. The van der Waals surface area contributed by atoms with Crippen LogP contribution in [0.4, 0.5) is 4.39 Å². The summed E-state index contributed by atoms with van der Waals surface area (Å²) in [5.74, 6) is 54.6. The quantitative estimate of drug-likeness (QED) is 0.126. The standard InChI is InChI=1S/C34H38FNO7.C24H6/c1-22(2)21-34(41)13-15-36(16-14-34)30(37)19-23-17-24(20-29(18-23)42-27-11-7-26(35)8-12-27)31(38)43-28-9-5-25(6-10-28)33(3,4)32(39)40;1-3-5-7-9-11-13-15-17-19-21-23-24-22-20-18-16-14-12-10-8-6-4-2/h5-12,17-18,20,22,41H,13-16,19,21H2,1-4H3,(H,39,40);1-2H3. The number of carbonyl (C=O) groups is 3. The van der Waals surface area contributed by atoms with Crippen LogP contribution in [0.25, 0.3) is 0 Å². The normalized spacial score (nSPS) is 10.9. The molecule has 1 amide bonds. The van der Waals surface area contributed by atoms with Crippen molar-refractivity contribution in [2.75, 3.05) is 13.1 Å². The summed E-state index contributed by atoms with van der Waals surface area (Å²) >= 11 is 0. The van der Waals surface area contributed by atoms with Crippen molar-refractivity contribution >= 4 is 17.8 Å². The largest absolute Gasteiger partial charge is 0.481 e. The molecule has 1 saturated heterocycles.